The van der Waals surface area contributed by atoms with E-state index in [0.717, 1.165) is 17.8 Å². The second-order valence-corrected chi connectivity index (χ2v) is 7.54. The molecule has 0 aromatic heterocycles. The van der Waals surface area contributed by atoms with E-state index in [1.54, 1.807) is 0 Å². The Labute approximate surface area is 129 Å². The van der Waals surface area contributed by atoms with Crippen LogP contribution < -0.4 is 5.73 Å². The predicted molar refractivity (Wildman–Crippen MR) is 89.1 cm³/mol. The van der Waals surface area contributed by atoms with E-state index in [2.05, 4.69) is 50.1 Å². The Hall–Kier alpha value is -0.860. The lowest BCUT2D eigenvalue weighted by atomic mass is 9.87. The molecule has 3 rings (SSSR count). The van der Waals surface area contributed by atoms with Crippen LogP contribution in [0, 0.1) is 24.7 Å². The molecule has 2 bridgehead atoms. The topological polar surface area (TPSA) is 29.3 Å². The van der Waals surface area contributed by atoms with Crippen LogP contribution >= 0.6 is 0 Å². The molecule has 116 valence electrons. The van der Waals surface area contributed by atoms with Crippen molar-refractivity contribution < 1.29 is 0 Å². The summed E-state index contributed by atoms with van der Waals surface area (Å²) >= 11 is 0. The van der Waals surface area contributed by atoms with Gasteiger partial charge in [0.1, 0.15) is 0 Å². The quantitative estimate of drug-likeness (QED) is 0.893. The molecule has 2 aliphatic carbocycles. The van der Waals surface area contributed by atoms with Crippen molar-refractivity contribution in [1.29, 1.82) is 0 Å². The van der Waals surface area contributed by atoms with Crippen molar-refractivity contribution in [3.63, 3.8) is 0 Å². The number of nitrogens with zero attached hydrogens (tertiary/aromatic N) is 1. The Kier molecular flexibility index (Phi) is 4.37. The van der Waals surface area contributed by atoms with Crippen LogP contribution in [0.4, 0.5) is 0 Å². The van der Waals surface area contributed by atoms with Crippen LogP contribution in [0.1, 0.15) is 49.8 Å². The number of aryl methyl sites for hydroxylation is 1. The largest absolute Gasteiger partial charge is 0.326 e. The molecule has 2 fully saturated rings. The maximum atomic E-state index is 6.35. The Balaban J connectivity index is 1.73. The van der Waals surface area contributed by atoms with Crippen LogP contribution in [-0.2, 0) is 0 Å². The van der Waals surface area contributed by atoms with E-state index in [4.69, 9.17) is 5.73 Å². The van der Waals surface area contributed by atoms with Gasteiger partial charge in [-0.15, -0.1) is 0 Å². The second-order valence-electron chi connectivity index (χ2n) is 7.54. The molecule has 5 atom stereocenters. The second kappa shape index (κ2) is 6.10. The third-order valence-electron chi connectivity index (χ3n) is 5.89. The number of nitrogens with two attached hydrogens (primary N) is 1. The highest BCUT2D eigenvalue weighted by molar-refractivity contribution is 5.29. The summed E-state index contributed by atoms with van der Waals surface area (Å²) in [5.74, 6) is 2.92. The SMILES string of the molecule is Cc1ccccc1C(C(C)N)N(C)CC1CC2CCC1C2. The molecule has 2 saturated carbocycles. The number of benzene rings is 1. The summed E-state index contributed by atoms with van der Waals surface area (Å²) in [7, 11) is 2.27. The maximum absolute atomic E-state index is 6.35. The normalized spacial score (nSPS) is 30.8. The Bertz CT molecular complexity index is 482. The van der Waals surface area contributed by atoms with Crippen molar-refractivity contribution in [2.45, 2.75) is 51.6 Å². The van der Waals surface area contributed by atoms with Gasteiger partial charge in [-0.3, -0.25) is 4.90 Å². The molecule has 0 saturated heterocycles. The zero-order valence-corrected chi connectivity index (χ0v) is 13.8. The van der Waals surface area contributed by atoms with Crippen LogP contribution in [0.15, 0.2) is 24.3 Å². The van der Waals surface area contributed by atoms with Crippen LogP contribution in [-0.4, -0.2) is 24.5 Å². The molecule has 2 N–H and O–H groups in total. The van der Waals surface area contributed by atoms with Crippen molar-refractivity contribution in [1.82, 2.24) is 4.90 Å². The maximum Gasteiger partial charge on any atom is 0.0496 e. The van der Waals surface area contributed by atoms with Gasteiger partial charge in [-0.25, -0.2) is 0 Å². The average Bonchev–Trinajstić information content (AvgIpc) is 3.03. The van der Waals surface area contributed by atoms with E-state index in [9.17, 15) is 0 Å². The van der Waals surface area contributed by atoms with Gasteiger partial charge >= 0.3 is 0 Å². The van der Waals surface area contributed by atoms with Gasteiger partial charge in [0, 0.05) is 18.6 Å². The summed E-state index contributed by atoms with van der Waals surface area (Å²) in [4.78, 5) is 2.53. The molecule has 1 aromatic rings. The molecule has 0 heterocycles. The van der Waals surface area contributed by atoms with Gasteiger partial charge in [-0.2, -0.15) is 0 Å². The minimum atomic E-state index is 0.162. The summed E-state index contributed by atoms with van der Waals surface area (Å²) in [5, 5.41) is 0. The molecule has 2 aliphatic rings. The van der Waals surface area contributed by atoms with Crippen molar-refractivity contribution in [3.8, 4) is 0 Å². The monoisotopic (exact) mass is 286 g/mol. The van der Waals surface area contributed by atoms with Crippen LogP contribution in [0.3, 0.4) is 0 Å². The van der Waals surface area contributed by atoms with E-state index in [0.29, 0.717) is 6.04 Å². The van der Waals surface area contributed by atoms with Crippen LogP contribution in [0.25, 0.3) is 0 Å². The number of hydrogen-bond donors (Lipinski definition) is 1. The Morgan fingerprint density at radius 2 is 2.00 bits per heavy atom. The van der Waals surface area contributed by atoms with Gasteiger partial charge in [-0.05, 0) is 69.0 Å². The lowest BCUT2D eigenvalue weighted by molar-refractivity contribution is 0.158. The zero-order valence-electron chi connectivity index (χ0n) is 13.8. The summed E-state index contributed by atoms with van der Waals surface area (Å²) in [6, 6.07) is 9.22. The average molecular weight is 286 g/mol. The highest BCUT2D eigenvalue weighted by Gasteiger charge is 2.40. The minimum absolute atomic E-state index is 0.162. The number of hydrogen-bond acceptors (Lipinski definition) is 2. The standard InChI is InChI=1S/C19H30N2/c1-13-6-4-5-7-18(13)19(14(2)20)21(3)12-17-11-15-8-9-16(17)10-15/h4-7,14-17,19H,8-12,20H2,1-3H3. The molecule has 5 unspecified atom stereocenters. The van der Waals surface area contributed by atoms with Crippen LogP contribution in [0.5, 0.6) is 0 Å². The lowest BCUT2D eigenvalue weighted by Gasteiger charge is -2.36. The van der Waals surface area contributed by atoms with Gasteiger partial charge < -0.3 is 5.73 Å². The van der Waals surface area contributed by atoms with Gasteiger partial charge in [0.2, 0.25) is 0 Å². The highest BCUT2D eigenvalue weighted by Crippen LogP contribution is 2.48. The molecule has 0 radical (unpaired) electrons. The molecule has 2 heteroatoms. The van der Waals surface area contributed by atoms with Crippen molar-refractivity contribution in [2.75, 3.05) is 13.6 Å². The van der Waals surface area contributed by atoms with E-state index < -0.39 is 0 Å². The minimum Gasteiger partial charge on any atom is -0.326 e. The highest BCUT2D eigenvalue weighted by atomic mass is 15.1. The Morgan fingerprint density at radius 1 is 1.24 bits per heavy atom. The fourth-order valence-corrected chi connectivity index (χ4v) is 4.92. The number of likely N-dealkylation sites (N-methyl/N-ethyl adjacent to an activating group) is 1. The van der Waals surface area contributed by atoms with E-state index in [1.807, 2.05) is 0 Å². The predicted octanol–water partition coefficient (Wildman–Crippen LogP) is 3.75. The summed E-state index contributed by atoms with van der Waals surface area (Å²) in [6.45, 7) is 5.56. The van der Waals surface area contributed by atoms with Gasteiger partial charge in [-0.1, -0.05) is 30.7 Å². The first-order valence-corrected chi connectivity index (χ1v) is 8.57. The molecule has 2 nitrogen and oxygen atoms in total. The smallest absolute Gasteiger partial charge is 0.0496 e. The molecule has 1 aromatic carbocycles. The summed E-state index contributed by atoms with van der Waals surface area (Å²) in [6.07, 6.45) is 5.90. The fourth-order valence-electron chi connectivity index (χ4n) is 4.92. The third-order valence-corrected chi connectivity index (χ3v) is 5.89. The summed E-state index contributed by atoms with van der Waals surface area (Å²) in [5.41, 5.74) is 9.11. The number of rotatable bonds is 5. The molecule has 0 amide bonds. The van der Waals surface area contributed by atoms with E-state index in [1.165, 1.54) is 43.4 Å². The first kappa shape index (κ1) is 15.1. The van der Waals surface area contributed by atoms with E-state index in [-0.39, 0.29) is 6.04 Å². The molecule has 0 spiro atoms. The molecule has 21 heavy (non-hydrogen) atoms. The first-order valence-electron chi connectivity index (χ1n) is 8.57. The van der Waals surface area contributed by atoms with Crippen molar-refractivity contribution in [3.05, 3.63) is 35.4 Å². The van der Waals surface area contributed by atoms with Crippen molar-refractivity contribution in [2.24, 2.45) is 23.5 Å². The van der Waals surface area contributed by atoms with E-state index >= 15 is 0 Å². The van der Waals surface area contributed by atoms with Crippen LogP contribution in [0.2, 0.25) is 0 Å². The third kappa shape index (κ3) is 3.02. The zero-order chi connectivity index (χ0) is 15.0. The summed E-state index contributed by atoms with van der Waals surface area (Å²) < 4.78 is 0. The molecule has 0 aliphatic heterocycles. The fraction of sp³-hybridized carbons (Fsp3) is 0.684. The first-order chi connectivity index (χ1) is 10.1. The van der Waals surface area contributed by atoms with Gasteiger partial charge in [0.05, 0.1) is 0 Å². The van der Waals surface area contributed by atoms with Gasteiger partial charge in [0.25, 0.3) is 0 Å². The number of fused-ring (bicyclic) bond motifs is 2. The molecular weight excluding hydrogens is 256 g/mol. The molecular formula is C19H30N2. The van der Waals surface area contributed by atoms with Gasteiger partial charge in [0.15, 0.2) is 0 Å². The Morgan fingerprint density at radius 3 is 2.57 bits per heavy atom. The lowest BCUT2D eigenvalue weighted by Crippen LogP contribution is -2.40. The van der Waals surface area contributed by atoms with Crippen molar-refractivity contribution >= 4 is 0 Å².